The molecular formula is C15H17N5O2. The third kappa shape index (κ3) is 1.93. The summed E-state index contributed by atoms with van der Waals surface area (Å²) in [5.74, 6) is 0.776. The molecule has 1 aliphatic heterocycles. The summed E-state index contributed by atoms with van der Waals surface area (Å²) >= 11 is 0. The molecule has 1 aliphatic rings. The fourth-order valence-corrected chi connectivity index (χ4v) is 3.07. The average molecular weight is 299 g/mol. The molecule has 1 aromatic carbocycles. The van der Waals surface area contributed by atoms with Crippen LogP contribution in [-0.4, -0.2) is 48.2 Å². The zero-order chi connectivity index (χ0) is 15.1. The largest absolute Gasteiger partial charge is 0.495 e. The minimum absolute atomic E-state index is 0.145. The molecule has 0 aliphatic carbocycles. The van der Waals surface area contributed by atoms with E-state index >= 15 is 0 Å². The highest BCUT2D eigenvalue weighted by atomic mass is 16.5. The van der Waals surface area contributed by atoms with Crippen molar-refractivity contribution in [3.63, 3.8) is 0 Å². The molecule has 4 rings (SSSR count). The standard InChI is InChI=1S/C15H17N5O2/c1-22-12-6-9-10(7-11(12)20-4-2-16-3-5-20)19-14-13(9)15(21)18-8-17-14/h6-8,16H,2-5H2,1H3,(H2,17,18,19,21). The van der Waals surface area contributed by atoms with E-state index in [0.29, 0.717) is 11.0 Å². The number of piperazine rings is 1. The van der Waals surface area contributed by atoms with Crippen molar-refractivity contribution in [1.82, 2.24) is 20.3 Å². The third-order valence-electron chi connectivity index (χ3n) is 4.15. The van der Waals surface area contributed by atoms with Crippen LogP contribution in [0.5, 0.6) is 5.75 Å². The van der Waals surface area contributed by atoms with Crippen LogP contribution in [0.4, 0.5) is 5.69 Å². The number of H-pyrrole nitrogens is 2. The summed E-state index contributed by atoms with van der Waals surface area (Å²) in [6.45, 7) is 3.77. The van der Waals surface area contributed by atoms with Crippen molar-refractivity contribution in [1.29, 1.82) is 0 Å². The number of hydrogen-bond donors (Lipinski definition) is 3. The van der Waals surface area contributed by atoms with E-state index in [1.807, 2.05) is 12.1 Å². The Balaban J connectivity index is 1.97. The zero-order valence-corrected chi connectivity index (χ0v) is 12.3. The highest BCUT2D eigenvalue weighted by Gasteiger charge is 2.18. The molecule has 0 amide bonds. The van der Waals surface area contributed by atoms with Gasteiger partial charge in [-0.1, -0.05) is 0 Å². The van der Waals surface area contributed by atoms with Crippen LogP contribution in [0.25, 0.3) is 21.9 Å². The number of aromatic nitrogens is 3. The number of anilines is 1. The number of aromatic amines is 2. The van der Waals surface area contributed by atoms with Crippen molar-refractivity contribution < 1.29 is 4.74 Å². The summed E-state index contributed by atoms with van der Waals surface area (Å²) < 4.78 is 5.56. The highest BCUT2D eigenvalue weighted by molar-refractivity contribution is 6.07. The van der Waals surface area contributed by atoms with E-state index in [2.05, 4.69) is 25.2 Å². The van der Waals surface area contributed by atoms with E-state index in [1.54, 1.807) is 7.11 Å². The first-order valence-corrected chi connectivity index (χ1v) is 7.30. The van der Waals surface area contributed by atoms with Gasteiger partial charge in [0, 0.05) is 31.6 Å². The summed E-state index contributed by atoms with van der Waals surface area (Å²) in [6, 6.07) is 3.96. The molecule has 1 saturated heterocycles. The van der Waals surface area contributed by atoms with Crippen LogP contribution in [0.3, 0.4) is 0 Å². The molecule has 7 nitrogen and oxygen atoms in total. The van der Waals surface area contributed by atoms with Gasteiger partial charge in [0.15, 0.2) is 0 Å². The maximum atomic E-state index is 12.1. The molecule has 0 saturated carbocycles. The minimum atomic E-state index is -0.145. The Morgan fingerprint density at radius 2 is 2.09 bits per heavy atom. The molecule has 0 spiro atoms. The molecule has 114 valence electrons. The van der Waals surface area contributed by atoms with Gasteiger partial charge in [0.2, 0.25) is 0 Å². The van der Waals surface area contributed by atoms with Gasteiger partial charge in [-0.05, 0) is 12.1 Å². The van der Waals surface area contributed by atoms with Crippen molar-refractivity contribution >= 4 is 27.6 Å². The molecule has 0 atom stereocenters. The Morgan fingerprint density at radius 3 is 2.86 bits per heavy atom. The lowest BCUT2D eigenvalue weighted by Gasteiger charge is -2.30. The van der Waals surface area contributed by atoms with Crippen molar-refractivity contribution in [2.45, 2.75) is 0 Å². The number of ether oxygens (including phenoxy) is 1. The van der Waals surface area contributed by atoms with E-state index < -0.39 is 0 Å². The zero-order valence-electron chi connectivity index (χ0n) is 12.3. The lowest BCUT2D eigenvalue weighted by molar-refractivity contribution is 0.413. The smallest absolute Gasteiger partial charge is 0.260 e. The third-order valence-corrected chi connectivity index (χ3v) is 4.15. The van der Waals surface area contributed by atoms with E-state index in [0.717, 1.165) is 48.5 Å². The molecular weight excluding hydrogens is 282 g/mol. The quantitative estimate of drug-likeness (QED) is 0.652. The summed E-state index contributed by atoms with van der Waals surface area (Å²) in [5.41, 5.74) is 2.39. The monoisotopic (exact) mass is 299 g/mol. The first-order chi connectivity index (χ1) is 10.8. The number of nitrogens with zero attached hydrogens (tertiary/aromatic N) is 2. The Kier molecular flexibility index (Phi) is 3.00. The number of methoxy groups -OCH3 is 1. The first-order valence-electron chi connectivity index (χ1n) is 7.30. The number of nitrogens with one attached hydrogen (secondary N) is 3. The topological polar surface area (TPSA) is 86.0 Å². The highest BCUT2D eigenvalue weighted by Crippen LogP contribution is 2.35. The van der Waals surface area contributed by atoms with Gasteiger partial charge in [-0.15, -0.1) is 0 Å². The molecule has 3 aromatic rings. The van der Waals surface area contributed by atoms with Gasteiger partial charge in [0.1, 0.15) is 11.4 Å². The Bertz CT molecular complexity index is 892. The van der Waals surface area contributed by atoms with E-state index in [-0.39, 0.29) is 5.56 Å². The number of benzene rings is 1. The molecule has 1 fully saturated rings. The van der Waals surface area contributed by atoms with E-state index in [1.165, 1.54) is 6.33 Å². The van der Waals surface area contributed by atoms with Crippen LogP contribution in [0.15, 0.2) is 23.3 Å². The fraction of sp³-hybridized carbons (Fsp3) is 0.333. The maximum absolute atomic E-state index is 12.1. The predicted molar refractivity (Wildman–Crippen MR) is 85.9 cm³/mol. The fourth-order valence-electron chi connectivity index (χ4n) is 3.07. The lowest BCUT2D eigenvalue weighted by Crippen LogP contribution is -2.43. The van der Waals surface area contributed by atoms with E-state index in [4.69, 9.17) is 4.74 Å². The summed E-state index contributed by atoms with van der Waals surface area (Å²) in [4.78, 5) is 24.4. The minimum Gasteiger partial charge on any atom is -0.495 e. The Morgan fingerprint density at radius 1 is 1.27 bits per heavy atom. The molecule has 22 heavy (non-hydrogen) atoms. The average Bonchev–Trinajstić information content (AvgIpc) is 2.93. The lowest BCUT2D eigenvalue weighted by atomic mass is 10.1. The van der Waals surface area contributed by atoms with Crippen molar-refractivity contribution in [3.8, 4) is 5.75 Å². The van der Waals surface area contributed by atoms with Crippen molar-refractivity contribution in [3.05, 3.63) is 28.8 Å². The van der Waals surface area contributed by atoms with Gasteiger partial charge in [-0.3, -0.25) is 4.79 Å². The molecule has 0 bridgehead atoms. The van der Waals surface area contributed by atoms with Crippen LogP contribution in [0.1, 0.15) is 0 Å². The van der Waals surface area contributed by atoms with Gasteiger partial charge in [-0.25, -0.2) is 4.98 Å². The van der Waals surface area contributed by atoms with Crippen LogP contribution >= 0.6 is 0 Å². The Labute approximate surface area is 126 Å². The second kappa shape index (κ2) is 5.03. The van der Waals surface area contributed by atoms with E-state index in [9.17, 15) is 4.79 Å². The van der Waals surface area contributed by atoms with Crippen LogP contribution in [0, 0.1) is 0 Å². The first kappa shape index (κ1) is 13.1. The van der Waals surface area contributed by atoms with Gasteiger partial charge in [0.25, 0.3) is 5.56 Å². The van der Waals surface area contributed by atoms with Crippen LogP contribution < -0.4 is 20.5 Å². The van der Waals surface area contributed by atoms with Crippen molar-refractivity contribution in [2.24, 2.45) is 0 Å². The second-order valence-corrected chi connectivity index (χ2v) is 5.39. The summed E-state index contributed by atoms with van der Waals surface area (Å²) in [6.07, 6.45) is 1.41. The van der Waals surface area contributed by atoms with Crippen molar-refractivity contribution in [2.75, 3.05) is 38.2 Å². The summed E-state index contributed by atoms with van der Waals surface area (Å²) in [5, 5.41) is 4.75. The molecule has 2 aromatic heterocycles. The summed E-state index contributed by atoms with van der Waals surface area (Å²) in [7, 11) is 1.66. The molecule has 0 unspecified atom stereocenters. The van der Waals surface area contributed by atoms with Crippen LogP contribution in [0.2, 0.25) is 0 Å². The van der Waals surface area contributed by atoms with Gasteiger partial charge in [-0.2, -0.15) is 0 Å². The van der Waals surface area contributed by atoms with Gasteiger partial charge >= 0.3 is 0 Å². The molecule has 0 radical (unpaired) electrons. The molecule has 3 N–H and O–H groups in total. The SMILES string of the molecule is COc1cc2c(cc1N1CCNCC1)[nH]c1nc[nH]c(=O)c12. The number of fused-ring (bicyclic) bond motifs is 3. The van der Waals surface area contributed by atoms with Crippen LogP contribution in [-0.2, 0) is 0 Å². The predicted octanol–water partition coefficient (Wildman–Crippen LogP) is 0.823. The van der Waals surface area contributed by atoms with Gasteiger partial charge in [0.05, 0.1) is 30.0 Å². The normalized spacial score (nSPS) is 15.6. The second-order valence-electron chi connectivity index (χ2n) is 5.39. The number of rotatable bonds is 2. The van der Waals surface area contributed by atoms with Gasteiger partial charge < -0.3 is 24.9 Å². The molecule has 3 heterocycles. The number of hydrogen-bond acceptors (Lipinski definition) is 5. The maximum Gasteiger partial charge on any atom is 0.260 e. The molecule has 7 heteroatoms. The Hall–Kier alpha value is -2.54.